The van der Waals surface area contributed by atoms with Crippen LogP contribution in [0.15, 0.2) is 48.5 Å². The van der Waals surface area contributed by atoms with Gasteiger partial charge < -0.3 is 4.74 Å². The first-order valence-electron chi connectivity index (χ1n) is 8.23. The van der Waals surface area contributed by atoms with E-state index in [4.69, 9.17) is 4.74 Å². The maximum absolute atomic E-state index is 13.0. The first kappa shape index (κ1) is 17.0. The van der Waals surface area contributed by atoms with Gasteiger partial charge in [-0.15, -0.1) is 0 Å². The molecule has 2 unspecified atom stereocenters. The van der Waals surface area contributed by atoms with Crippen LogP contribution in [0.5, 0.6) is 5.75 Å². The standard InChI is InChI=1S/C19H20N2O4/c1-12(2)18-19(22)20(13(3)14-7-5-4-6-8-14)16-10-9-15(21(23)24)11-17(16)25-18/h4-13,18H,1-3H3. The molecule has 2 aromatic rings. The Morgan fingerprint density at radius 2 is 1.80 bits per heavy atom. The van der Waals surface area contributed by atoms with Gasteiger partial charge in [-0.25, -0.2) is 0 Å². The summed E-state index contributed by atoms with van der Waals surface area (Å²) in [6.45, 7) is 5.74. The minimum Gasteiger partial charge on any atom is -0.478 e. The van der Waals surface area contributed by atoms with E-state index in [0.29, 0.717) is 11.4 Å². The Balaban J connectivity index is 2.10. The summed E-state index contributed by atoms with van der Waals surface area (Å²) >= 11 is 0. The Hall–Kier alpha value is -2.89. The lowest BCUT2D eigenvalue weighted by molar-refractivity contribution is -0.384. The molecule has 2 aromatic carbocycles. The number of anilines is 1. The molecule has 0 fully saturated rings. The van der Waals surface area contributed by atoms with E-state index in [0.717, 1.165) is 5.56 Å². The van der Waals surface area contributed by atoms with E-state index in [2.05, 4.69) is 0 Å². The van der Waals surface area contributed by atoms with Crippen molar-refractivity contribution >= 4 is 17.3 Å². The molecule has 1 heterocycles. The first-order chi connectivity index (χ1) is 11.9. The van der Waals surface area contributed by atoms with Gasteiger partial charge in [0.1, 0.15) is 0 Å². The number of hydrogen-bond acceptors (Lipinski definition) is 4. The summed E-state index contributed by atoms with van der Waals surface area (Å²) in [6.07, 6.45) is -0.666. The molecular weight excluding hydrogens is 320 g/mol. The largest absolute Gasteiger partial charge is 0.478 e. The molecule has 130 valence electrons. The molecule has 6 heteroatoms. The predicted octanol–water partition coefficient (Wildman–Crippen LogP) is 4.11. The molecule has 0 spiro atoms. The van der Waals surface area contributed by atoms with Crippen molar-refractivity contribution < 1.29 is 14.5 Å². The van der Waals surface area contributed by atoms with Gasteiger partial charge in [0.25, 0.3) is 11.6 Å². The summed E-state index contributed by atoms with van der Waals surface area (Å²) < 4.78 is 5.82. The number of rotatable bonds is 4. The zero-order valence-electron chi connectivity index (χ0n) is 14.4. The number of non-ortho nitro benzene ring substituents is 1. The van der Waals surface area contributed by atoms with Gasteiger partial charge in [-0.3, -0.25) is 19.8 Å². The second-order valence-corrected chi connectivity index (χ2v) is 6.49. The van der Waals surface area contributed by atoms with Crippen LogP contribution in [0.3, 0.4) is 0 Å². The highest BCUT2D eigenvalue weighted by Crippen LogP contribution is 2.42. The van der Waals surface area contributed by atoms with Crippen LogP contribution in [-0.2, 0) is 4.79 Å². The van der Waals surface area contributed by atoms with Gasteiger partial charge in [-0.2, -0.15) is 0 Å². The van der Waals surface area contributed by atoms with E-state index in [1.807, 2.05) is 51.1 Å². The molecule has 0 aliphatic carbocycles. The maximum atomic E-state index is 13.0. The summed E-state index contributed by atoms with van der Waals surface area (Å²) in [6, 6.07) is 13.9. The van der Waals surface area contributed by atoms with Crippen LogP contribution in [0, 0.1) is 16.0 Å². The van der Waals surface area contributed by atoms with Crippen LogP contribution >= 0.6 is 0 Å². The number of nitrogens with zero attached hydrogens (tertiary/aromatic N) is 2. The highest BCUT2D eigenvalue weighted by Gasteiger charge is 2.39. The number of carbonyl (C=O) groups is 1. The molecule has 6 nitrogen and oxygen atoms in total. The highest BCUT2D eigenvalue weighted by molar-refractivity contribution is 6.01. The van der Waals surface area contributed by atoms with E-state index >= 15 is 0 Å². The average Bonchev–Trinajstić information content (AvgIpc) is 2.60. The van der Waals surface area contributed by atoms with Gasteiger partial charge in [0.15, 0.2) is 11.9 Å². The van der Waals surface area contributed by atoms with Crippen LogP contribution in [0.1, 0.15) is 32.4 Å². The minimum atomic E-state index is -0.666. The molecule has 3 rings (SSSR count). The minimum absolute atomic E-state index is 0.0506. The number of benzene rings is 2. The molecule has 0 radical (unpaired) electrons. The lowest BCUT2D eigenvalue weighted by Crippen LogP contribution is -2.49. The molecule has 0 saturated carbocycles. The predicted molar refractivity (Wildman–Crippen MR) is 94.7 cm³/mol. The van der Waals surface area contributed by atoms with E-state index < -0.39 is 11.0 Å². The number of nitro groups is 1. The molecule has 0 saturated heterocycles. The number of fused-ring (bicyclic) bond motifs is 1. The molecule has 0 bridgehead atoms. The van der Waals surface area contributed by atoms with Crippen molar-refractivity contribution in [3.8, 4) is 5.75 Å². The number of ether oxygens (including phenoxy) is 1. The Labute approximate surface area is 146 Å². The van der Waals surface area contributed by atoms with Crippen LogP contribution in [0.2, 0.25) is 0 Å². The van der Waals surface area contributed by atoms with Gasteiger partial charge >= 0.3 is 0 Å². The summed E-state index contributed by atoms with van der Waals surface area (Å²) in [5, 5.41) is 11.1. The Morgan fingerprint density at radius 3 is 2.40 bits per heavy atom. The van der Waals surface area contributed by atoms with Gasteiger partial charge in [-0.05, 0) is 24.5 Å². The first-order valence-corrected chi connectivity index (χ1v) is 8.23. The number of hydrogen-bond donors (Lipinski definition) is 0. The second-order valence-electron chi connectivity index (χ2n) is 6.49. The van der Waals surface area contributed by atoms with Gasteiger partial charge in [0, 0.05) is 6.07 Å². The van der Waals surface area contributed by atoms with Crippen LogP contribution in [0.4, 0.5) is 11.4 Å². The molecule has 2 atom stereocenters. The average molecular weight is 340 g/mol. The molecule has 1 aliphatic rings. The molecule has 25 heavy (non-hydrogen) atoms. The third-order valence-electron chi connectivity index (χ3n) is 4.42. The summed E-state index contributed by atoms with van der Waals surface area (Å²) in [7, 11) is 0. The molecule has 1 amide bonds. The van der Waals surface area contributed by atoms with Crippen molar-refractivity contribution in [1.82, 2.24) is 0 Å². The third-order valence-corrected chi connectivity index (χ3v) is 4.42. The van der Waals surface area contributed by atoms with E-state index in [1.54, 1.807) is 11.0 Å². The van der Waals surface area contributed by atoms with Crippen molar-refractivity contribution in [3.05, 3.63) is 64.2 Å². The molecule has 0 N–H and O–H groups in total. The third kappa shape index (κ3) is 3.07. The zero-order valence-corrected chi connectivity index (χ0v) is 14.4. The Bertz CT molecular complexity index is 804. The maximum Gasteiger partial charge on any atom is 0.273 e. The van der Waals surface area contributed by atoms with E-state index in [-0.39, 0.29) is 23.6 Å². The highest BCUT2D eigenvalue weighted by atomic mass is 16.6. The Morgan fingerprint density at radius 1 is 1.12 bits per heavy atom. The number of carbonyl (C=O) groups excluding carboxylic acids is 1. The van der Waals surface area contributed by atoms with Crippen LogP contribution in [-0.4, -0.2) is 16.9 Å². The molecular formula is C19H20N2O4. The fraction of sp³-hybridized carbons (Fsp3) is 0.316. The van der Waals surface area contributed by atoms with Gasteiger partial charge in [-0.1, -0.05) is 44.2 Å². The number of amides is 1. The number of nitro benzene ring substituents is 1. The quantitative estimate of drug-likeness (QED) is 0.620. The van der Waals surface area contributed by atoms with Crippen LogP contribution in [0.25, 0.3) is 0 Å². The van der Waals surface area contributed by atoms with Crippen molar-refractivity contribution in [2.45, 2.75) is 32.9 Å². The van der Waals surface area contributed by atoms with Crippen molar-refractivity contribution in [1.29, 1.82) is 0 Å². The summed E-state index contributed by atoms with van der Waals surface area (Å²) in [4.78, 5) is 25.3. The van der Waals surface area contributed by atoms with E-state index in [9.17, 15) is 14.9 Å². The topological polar surface area (TPSA) is 72.7 Å². The summed E-state index contributed by atoms with van der Waals surface area (Å²) in [5.74, 6) is 0.188. The monoisotopic (exact) mass is 340 g/mol. The van der Waals surface area contributed by atoms with Crippen molar-refractivity contribution in [2.75, 3.05) is 4.90 Å². The summed E-state index contributed by atoms with van der Waals surface area (Å²) in [5.41, 5.74) is 1.50. The lowest BCUT2D eigenvalue weighted by atomic mass is 9.99. The normalized spacial score (nSPS) is 17.8. The van der Waals surface area contributed by atoms with Gasteiger partial charge in [0.2, 0.25) is 0 Å². The van der Waals surface area contributed by atoms with Crippen LogP contribution < -0.4 is 9.64 Å². The second kappa shape index (κ2) is 6.55. The smallest absolute Gasteiger partial charge is 0.273 e. The molecule has 1 aliphatic heterocycles. The fourth-order valence-corrected chi connectivity index (χ4v) is 3.05. The zero-order chi connectivity index (χ0) is 18.1. The fourth-order valence-electron chi connectivity index (χ4n) is 3.05. The van der Waals surface area contributed by atoms with E-state index in [1.165, 1.54) is 12.1 Å². The van der Waals surface area contributed by atoms with Crippen molar-refractivity contribution in [2.24, 2.45) is 5.92 Å². The Kier molecular flexibility index (Phi) is 4.44. The lowest BCUT2D eigenvalue weighted by Gasteiger charge is -2.39. The SMILES string of the molecule is CC(C)C1Oc2cc([N+](=O)[O-])ccc2N(C(C)c2ccccc2)C1=O. The van der Waals surface area contributed by atoms with Gasteiger partial charge in [0.05, 0.1) is 22.7 Å². The molecule has 0 aromatic heterocycles. The van der Waals surface area contributed by atoms with Crippen molar-refractivity contribution in [3.63, 3.8) is 0 Å².